The van der Waals surface area contributed by atoms with E-state index >= 15 is 0 Å². The Morgan fingerprint density at radius 2 is 1.85 bits per heavy atom. The Labute approximate surface area is 162 Å². The number of hydrogen-bond acceptors (Lipinski definition) is 7. The number of rotatable bonds is 7. The molecule has 0 saturated carbocycles. The highest BCUT2D eigenvalue weighted by molar-refractivity contribution is 7.99. The smallest absolute Gasteiger partial charge is 0.316 e. The van der Waals surface area contributed by atoms with Crippen LogP contribution in [0.2, 0.25) is 5.02 Å². The van der Waals surface area contributed by atoms with Gasteiger partial charge in [-0.05, 0) is 36.4 Å². The molecule has 9 heteroatoms. The van der Waals surface area contributed by atoms with E-state index < -0.39 is 24.2 Å². The minimum Gasteiger partial charge on any atom is -0.457 e. The van der Waals surface area contributed by atoms with Crippen molar-refractivity contribution in [1.82, 2.24) is 10.2 Å². The van der Waals surface area contributed by atoms with Gasteiger partial charge in [0.15, 0.2) is 12.4 Å². The summed E-state index contributed by atoms with van der Waals surface area (Å²) in [7, 11) is 0. The molecule has 0 aliphatic heterocycles. The van der Waals surface area contributed by atoms with Gasteiger partial charge >= 0.3 is 5.97 Å². The van der Waals surface area contributed by atoms with E-state index in [9.17, 15) is 14.0 Å². The topological polar surface area (TPSA) is 82.3 Å². The maximum absolute atomic E-state index is 12.8. The van der Waals surface area contributed by atoms with Crippen LogP contribution >= 0.6 is 23.4 Å². The van der Waals surface area contributed by atoms with E-state index in [1.54, 1.807) is 24.3 Å². The number of nitrogens with zero attached hydrogens (tertiary/aromatic N) is 2. The molecule has 0 N–H and O–H groups in total. The highest BCUT2D eigenvalue weighted by Gasteiger charge is 2.15. The molecule has 0 atom stereocenters. The summed E-state index contributed by atoms with van der Waals surface area (Å²) in [6.45, 7) is -0.431. The Bertz CT molecular complexity index is 962. The third-order valence-electron chi connectivity index (χ3n) is 3.35. The maximum Gasteiger partial charge on any atom is 0.316 e. The zero-order chi connectivity index (χ0) is 19.2. The third kappa shape index (κ3) is 5.15. The lowest BCUT2D eigenvalue weighted by Crippen LogP contribution is -2.15. The largest absolute Gasteiger partial charge is 0.457 e. The van der Waals surface area contributed by atoms with Gasteiger partial charge in [0, 0.05) is 5.56 Å². The second-order valence-electron chi connectivity index (χ2n) is 5.23. The molecule has 3 rings (SSSR count). The Balaban J connectivity index is 1.49. The minimum absolute atomic E-state index is 0.110. The molecular weight excluding hydrogens is 395 g/mol. The highest BCUT2D eigenvalue weighted by atomic mass is 35.5. The summed E-state index contributed by atoms with van der Waals surface area (Å²) in [5, 5.41) is 8.36. The first-order valence-electron chi connectivity index (χ1n) is 7.68. The van der Waals surface area contributed by atoms with Crippen LogP contribution in [0.3, 0.4) is 0 Å². The lowest BCUT2D eigenvalue weighted by Gasteiger charge is -2.03. The van der Waals surface area contributed by atoms with Crippen LogP contribution in [0.15, 0.2) is 58.2 Å². The molecule has 0 saturated heterocycles. The zero-order valence-electron chi connectivity index (χ0n) is 13.7. The first-order valence-corrected chi connectivity index (χ1v) is 9.05. The molecule has 0 unspecified atom stereocenters. The lowest BCUT2D eigenvalue weighted by molar-refractivity contribution is -0.139. The van der Waals surface area contributed by atoms with E-state index in [4.69, 9.17) is 20.8 Å². The van der Waals surface area contributed by atoms with Crippen LogP contribution in [-0.4, -0.2) is 34.3 Å². The zero-order valence-corrected chi connectivity index (χ0v) is 15.3. The van der Waals surface area contributed by atoms with Crippen LogP contribution in [0.5, 0.6) is 0 Å². The molecule has 27 heavy (non-hydrogen) atoms. The summed E-state index contributed by atoms with van der Waals surface area (Å²) in [6, 6.07) is 12.0. The predicted molar refractivity (Wildman–Crippen MR) is 97.2 cm³/mol. The minimum atomic E-state index is -0.618. The number of carbonyl (C=O) groups is 2. The van der Waals surface area contributed by atoms with Crippen molar-refractivity contribution in [3.8, 4) is 11.5 Å². The van der Waals surface area contributed by atoms with Crippen molar-refractivity contribution in [2.45, 2.75) is 5.22 Å². The SMILES string of the molecule is O=C(CSc1nnc(-c2ccccc2Cl)o1)OCC(=O)c1ccc(F)cc1. The van der Waals surface area contributed by atoms with Gasteiger partial charge in [-0.1, -0.05) is 35.5 Å². The van der Waals surface area contributed by atoms with Crippen LogP contribution < -0.4 is 0 Å². The van der Waals surface area contributed by atoms with Crippen LogP contribution in [0.25, 0.3) is 11.5 Å². The number of Topliss-reactive ketones (excluding diaryl/α,β-unsaturated/α-hetero) is 1. The van der Waals surface area contributed by atoms with Gasteiger partial charge in [0.05, 0.1) is 10.6 Å². The van der Waals surface area contributed by atoms with Crippen LogP contribution in [0.4, 0.5) is 4.39 Å². The number of aromatic nitrogens is 2. The quantitative estimate of drug-likeness (QED) is 0.332. The lowest BCUT2D eigenvalue weighted by atomic mass is 10.1. The Morgan fingerprint density at radius 3 is 2.59 bits per heavy atom. The van der Waals surface area contributed by atoms with E-state index in [0.29, 0.717) is 10.6 Å². The second-order valence-corrected chi connectivity index (χ2v) is 6.57. The number of hydrogen-bond donors (Lipinski definition) is 0. The van der Waals surface area contributed by atoms with Crippen molar-refractivity contribution in [3.05, 3.63) is 64.9 Å². The number of ketones is 1. The van der Waals surface area contributed by atoms with Gasteiger partial charge in [0.25, 0.3) is 5.22 Å². The average Bonchev–Trinajstić information content (AvgIpc) is 3.14. The number of carbonyl (C=O) groups excluding carboxylic acids is 2. The predicted octanol–water partition coefficient (Wildman–Crippen LogP) is 4.05. The van der Waals surface area contributed by atoms with E-state index in [2.05, 4.69) is 10.2 Å². The fourth-order valence-electron chi connectivity index (χ4n) is 2.04. The molecule has 138 valence electrons. The van der Waals surface area contributed by atoms with Crippen LogP contribution in [-0.2, 0) is 9.53 Å². The van der Waals surface area contributed by atoms with Crippen LogP contribution in [0, 0.1) is 5.82 Å². The van der Waals surface area contributed by atoms with Gasteiger partial charge in [0.2, 0.25) is 5.89 Å². The average molecular weight is 407 g/mol. The molecule has 2 aromatic carbocycles. The number of benzene rings is 2. The third-order valence-corrected chi connectivity index (χ3v) is 4.48. The van der Waals surface area contributed by atoms with Gasteiger partial charge in [0.1, 0.15) is 11.6 Å². The van der Waals surface area contributed by atoms with Crippen molar-refractivity contribution in [2.75, 3.05) is 12.4 Å². The molecule has 0 amide bonds. The molecule has 0 bridgehead atoms. The molecule has 1 heterocycles. The summed E-state index contributed by atoms with van der Waals surface area (Å²) in [6.07, 6.45) is 0. The fourth-order valence-corrected chi connectivity index (χ4v) is 2.82. The maximum atomic E-state index is 12.8. The first kappa shape index (κ1) is 19.1. The monoisotopic (exact) mass is 406 g/mol. The van der Waals surface area contributed by atoms with Crippen molar-refractivity contribution >= 4 is 35.1 Å². The van der Waals surface area contributed by atoms with E-state index in [1.165, 1.54) is 12.1 Å². The standard InChI is InChI=1S/C18H12ClFN2O4S/c19-14-4-2-1-3-13(14)17-21-22-18(26-17)27-10-16(24)25-9-15(23)11-5-7-12(20)8-6-11/h1-8H,9-10H2. The molecule has 0 spiro atoms. The molecule has 0 aliphatic carbocycles. The molecule has 6 nitrogen and oxygen atoms in total. The Hall–Kier alpha value is -2.71. The van der Waals surface area contributed by atoms with E-state index in [1.807, 2.05) is 0 Å². The molecule has 0 aliphatic rings. The molecule has 1 aromatic heterocycles. The van der Waals surface area contributed by atoms with Crippen molar-refractivity contribution in [2.24, 2.45) is 0 Å². The molecule has 0 fully saturated rings. The van der Waals surface area contributed by atoms with E-state index in [-0.39, 0.29) is 22.4 Å². The number of halogens is 2. The fraction of sp³-hybridized carbons (Fsp3) is 0.111. The van der Waals surface area contributed by atoms with Gasteiger partial charge in [-0.25, -0.2) is 4.39 Å². The number of ether oxygens (including phenoxy) is 1. The molecular formula is C18H12ClFN2O4S. The summed E-state index contributed by atoms with van der Waals surface area (Å²) in [5.74, 6) is -1.36. The summed E-state index contributed by atoms with van der Waals surface area (Å²) in [4.78, 5) is 23.6. The van der Waals surface area contributed by atoms with Crippen molar-refractivity contribution in [1.29, 1.82) is 0 Å². The van der Waals surface area contributed by atoms with Gasteiger partial charge in [-0.15, -0.1) is 10.2 Å². The van der Waals surface area contributed by atoms with E-state index in [0.717, 1.165) is 23.9 Å². The van der Waals surface area contributed by atoms with Gasteiger partial charge in [-0.3, -0.25) is 9.59 Å². The number of esters is 1. The number of thioether (sulfide) groups is 1. The highest BCUT2D eigenvalue weighted by Crippen LogP contribution is 2.28. The second kappa shape index (κ2) is 8.79. The Morgan fingerprint density at radius 1 is 1.11 bits per heavy atom. The van der Waals surface area contributed by atoms with Gasteiger partial charge < -0.3 is 9.15 Å². The summed E-state index contributed by atoms with van der Waals surface area (Å²) >= 11 is 7.04. The first-order chi connectivity index (χ1) is 13.0. The molecule has 0 radical (unpaired) electrons. The van der Waals surface area contributed by atoms with Crippen LogP contribution in [0.1, 0.15) is 10.4 Å². The summed E-state index contributed by atoms with van der Waals surface area (Å²) in [5.41, 5.74) is 0.851. The van der Waals surface area contributed by atoms with Crippen molar-refractivity contribution in [3.63, 3.8) is 0 Å². The Kier molecular flexibility index (Phi) is 6.20. The normalized spacial score (nSPS) is 10.6. The van der Waals surface area contributed by atoms with Crippen molar-refractivity contribution < 1.29 is 23.1 Å². The summed E-state index contributed by atoms with van der Waals surface area (Å²) < 4.78 is 23.2. The van der Waals surface area contributed by atoms with Gasteiger partial charge in [-0.2, -0.15) is 0 Å². The molecule has 3 aromatic rings.